The SMILES string of the molecule is Brc1c(OCCN2CCNCC2)ccc2ccccc12.O=C(O)C(=O)O. The van der Waals surface area contributed by atoms with Gasteiger partial charge in [0.25, 0.3) is 0 Å². The summed E-state index contributed by atoms with van der Waals surface area (Å²) in [6, 6.07) is 12.5. The van der Waals surface area contributed by atoms with E-state index in [0.29, 0.717) is 0 Å². The maximum Gasteiger partial charge on any atom is 0.414 e. The summed E-state index contributed by atoms with van der Waals surface area (Å²) >= 11 is 3.66. The van der Waals surface area contributed by atoms with E-state index in [1.807, 2.05) is 6.07 Å². The molecule has 8 heteroatoms. The van der Waals surface area contributed by atoms with E-state index in [2.05, 4.69) is 56.5 Å². The fraction of sp³-hybridized carbons (Fsp3) is 0.333. The van der Waals surface area contributed by atoms with E-state index in [0.717, 1.165) is 49.6 Å². The molecule has 0 saturated carbocycles. The van der Waals surface area contributed by atoms with Crippen LogP contribution in [0.1, 0.15) is 0 Å². The van der Waals surface area contributed by atoms with Gasteiger partial charge >= 0.3 is 11.9 Å². The zero-order chi connectivity index (χ0) is 18.9. The molecule has 1 heterocycles. The minimum atomic E-state index is -1.82. The second-order valence-corrected chi connectivity index (χ2v) is 6.44. The first-order valence-electron chi connectivity index (χ1n) is 8.18. The fourth-order valence-electron chi connectivity index (χ4n) is 2.54. The second-order valence-electron chi connectivity index (χ2n) is 5.65. The number of hydrogen-bond acceptors (Lipinski definition) is 5. The standard InChI is InChI=1S/C16H19BrN2O.C2H2O4/c17-16-14-4-2-1-3-13(14)5-6-15(16)20-12-11-19-9-7-18-8-10-19;3-1(4)2(5)6/h1-6,18H,7-12H2;(H,3,4)(H,5,6). The van der Waals surface area contributed by atoms with Crippen molar-refractivity contribution in [3.63, 3.8) is 0 Å². The molecule has 0 atom stereocenters. The number of hydrogen-bond donors (Lipinski definition) is 3. The molecule has 0 bridgehead atoms. The summed E-state index contributed by atoms with van der Waals surface area (Å²) in [5.41, 5.74) is 0. The van der Waals surface area contributed by atoms with Gasteiger partial charge in [0.15, 0.2) is 0 Å². The first-order valence-corrected chi connectivity index (χ1v) is 8.97. The van der Waals surface area contributed by atoms with Crippen molar-refractivity contribution in [1.82, 2.24) is 10.2 Å². The molecule has 7 nitrogen and oxygen atoms in total. The van der Waals surface area contributed by atoms with Crippen LogP contribution in [0.4, 0.5) is 0 Å². The predicted molar refractivity (Wildman–Crippen MR) is 102 cm³/mol. The molecule has 1 fully saturated rings. The van der Waals surface area contributed by atoms with Gasteiger partial charge in [-0.05, 0) is 32.8 Å². The first kappa shape index (κ1) is 20.2. The number of benzene rings is 2. The molecule has 3 N–H and O–H groups in total. The molecule has 26 heavy (non-hydrogen) atoms. The molecule has 0 unspecified atom stereocenters. The molecule has 0 spiro atoms. The molecule has 140 valence electrons. The smallest absolute Gasteiger partial charge is 0.414 e. The molecule has 1 aliphatic rings. The molecule has 0 radical (unpaired) electrons. The number of fused-ring (bicyclic) bond motifs is 1. The summed E-state index contributed by atoms with van der Waals surface area (Å²) in [6.07, 6.45) is 0. The molecule has 2 aromatic carbocycles. The Kier molecular flexibility index (Phi) is 7.83. The van der Waals surface area contributed by atoms with E-state index < -0.39 is 11.9 Å². The molecule has 0 amide bonds. The number of rotatable bonds is 4. The highest BCUT2D eigenvalue weighted by Crippen LogP contribution is 2.32. The lowest BCUT2D eigenvalue weighted by atomic mass is 10.1. The van der Waals surface area contributed by atoms with Gasteiger partial charge in [0, 0.05) is 32.7 Å². The van der Waals surface area contributed by atoms with Crippen molar-refractivity contribution >= 4 is 38.6 Å². The number of aliphatic carboxylic acids is 2. The van der Waals surface area contributed by atoms with Crippen molar-refractivity contribution in [2.45, 2.75) is 0 Å². The van der Waals surface area contributed by atoms with Crippen LogP contribution in [0.2, 0.25) is 0 Å². The molecule has 2 aromatic rings. The topological polar surface area (TPSA) is 99.1 Å². The van der Waals surface area contributed by atoms with Gasteiger partial charge in [-0.2, -0.15) is 0 Å². The highest BCUT2D eigenvalue weighted by molar-refractivity contribution is 9.10. The van der Waals surface area contributed by atoms with Gasteiger partial charge < -0.3 is 20.3 Å². The number of nitrogens with one attached hydrogen (secondary N) is 1. The summed E-state index contributed by atoms with van der Waals surface area (Å²) in [5, 5.41) is 20.6. The number of piperazine rings is 1. The van der Waals surface area contributed by atoms with Gasteiger partial charge in [0.2, 0.25) is 0 Å². The average Bonchev–Trinajstić information content (AvgIpc) is 2.65. The van der Waals surface area contributed by atoms with Crippen LogP contribution in [-0.2, 0) is 9.59 Å². The van der Waals surface area contributed by atoms with Crippen LogP contribution in [0.3, 0.4) is 0 Å². The third-order valence-electron chi connectivity index (χ3n) is 3.89. The highest BCUT2D eigenvalue weighted by Gasteiger charge is 2.10. The van der Waals surface area contributed by atoms with Gasteiger partial charge in [-0.15, -0.1) is 0 Å². The van der Waals surface area contributed by atoms with E-state index in [4.69, 9.17) is 24.5 Å². The highest BCUT2D eigenvalue weighted by atomic mass is 79.9. The third-order valence-corrected chi connectivity index (χ3v) is 4.70. The molecule has 3 rings (SSSR count). The van der Waals surface area contributed by atoms with Gasteiger partial charge in [0.1, 0.15) is 12.4 Å². The molecule has 0 aromatic heterocycles. The van der Waals surface area contributed by atoms with Crippen molar-refractivity contribution < 1.29 is 24.5 Å². The van der Waals surface area contributed by atoms with Gasteiger partial charge in [-0.1, -0.05) is 30.3 Å². The zero-order valence-electron chi connectivity index (χ0n) is 14.2. The Bertz CT molecular complexity index is 750. The molecular weight excluding hydrogens is 404 g/mol. The second kappa shape index (κ2) is 10.1. The van der Waals surface area contributed by atoms with Crippen molar-refractivity contribution in [2.24, 2.45) is 0 Å². The quantitative estimate of drug-likeness (QED) is 0.645. The van der Waals surface area contributed by atoms with Gasteiger partial charge in [-0.3, -0.25) is 4.90 Å². The fourth-order valence-corrected chi connectivity index (χ4v) is 3.15. The van der Waals surface area contributed by atoms with Gasteiger partial charge in [0.05, 0.1) is 4.47 Å². The monoisotopic (exact) mass is 424 g/mol. The van der Waals surface area contributed by atoms with Gasteiger partial charge in [-0.25, -0.2) is 9.59 Å². The first-order chi connectivity index (χ1) is 12.5. The third kappa shape index (κ3) is 5.98. The van der Waals surface area contributed by atoms with E-state index in [1.165, 1.54) is 10.8 Å². The van der Waals surface area contributed by atoms with Crippen molar-refractivity contribution in [3.05, 3.63) is 40.9 Å². The summed E-state index contributed by atoms with van der Waals surface area (Å²) < 4.78 is 6.99. The number of nitrogens with zero attached hydrogens (tertiary/aromatic N) is 1. The Labute approximate surface area is 159 Å². The number of carboxylic acid groups (broad SMARTS) is 2. The minimum absolute atomic E-state index is 0.733. The van der Waals surface area contributed by atoms with Crippen molar-refractivity contribution in [2.75, 3.05) is 39.3 Å². The summed E-state index contributed by atoms with van der Waals surface area (Å²) in [5.74, 6) is -2.72. The van der Waals surface area contributed by atoms with Crippen LogP contribution in [0.5, 0.6) is 5.75 Å². The zero-order valence-corrected chi connectivity index (χ0v) is 15.7. The summed E-state index contributed by atoms with van der Waals surface area (Å²) in [7, 11) is 0. The molecule has 1 aliphatic heterocycles. The van der Waals surface area contributed by atoms with Crippen LogP contribution in [-0.4, -0.2) is 66.4 Å². The minimum Gasteiger partial charge on any atom is -0.491 e. The van der Waals surface area contributed by atoms with Crippen LogP contribution in [0.25, 0.3) is 10.8 Å². The summed E-state index contributed by atoms with van der Waals surface area (Å²) in [6.45, 7) is 6.11. The number of carbonyl (C=O) groups is 2. The Morgan fingerprint density at radius 2 is 1.73 bits per heavy atom. The number of halogens is 1. The number of carboxylic acids is 2. The largest absolute Gasteiger partial charge is 0.491 e. The van der Waals surface area contributed by atoms with Crippen LogP contribution >= 0.6 is 15.9 Å². The number of ether oxygens (including phenoxy) is 1. The van der Waals surface area contributed by atoms with Crippen LogP contribution in [0.15, 0.2) is 40.9 Å². The Morgan fingerprint density at radius 3 is 2.38 bits per heavy atom. The molecule has 1 saturated heterocycles. The van der Waals surface area contributed by atoms with E-state index >= 15 is 0 Å². The Hall–Kier alpha value is -2.16. The normalized spacial score (nSPS) is 14.3. The average molecular weight is 425 g/mol. The summed E-state index contributed by atoms with van der Waals surface area (Å²) in [4.78, 5) is 20.6. The molecular formula is C18H21BrN2O5. The lowest BCUT2D eigenvalue weighted by molar-refractivity contribution is -0.159. The lowest BCUT2D eigenvalue weighted by Gasteiger charge is -2.27. The van der Waals surface area contributed by atoms with Crippen LogP contribution in [0, 0.1) is 0 Å². The maximum absolute atomic E-state index is 9.10. The predicted octanol–water partition coefficient (Wildman–Crippen LogP) is 2.04. The van der Waals surface area contributed by atoms with E-state index in [1.54, 1.807) is 0 Å². The Morgan fingerprint density at radius 1 is 1.08 bits per heavy atom. The van der Waals surface area contributed by atoms with Crippen molar-refractivity contribution in [3.8, 4) is 5.75 Å². The van der Waals surface area contributed by atoms with E-state index in [-0.39, 0.29) is 0 Å². The Balaban J connectivity index is 0.000000352. The lowest BCUT2D eigenvalue weighted by Crippen LogP contribution is -2.44. The van der Waals surface area contributed by atoms with E-state index in [9.17, 15) is 0 Å². The van der Waals surface area contributed by atoms with Crippen LogP contribution < -0.4 is 10.1 Å². The maximum atomic E-state index is 9.10. The van der Waals surface area contributed by atoms with Crippen molar-refractivity contribution in [1.29, 1.82) is 0 Å². The molecule has 0 aliphatic carbocycles.